The maximum atomic E-state index is 13.1. The monoisotopic (exact) mass is 381 g/mol. The lowest BCUT2D eigenvalue weighted by molar-refractivity contribution is 0.0946. The van der Waals surface area contributed by atoms with Crippen LogP contribution in [-0.2, 0) is 6.54 Å². The number of carbonyl (C=O) groups excluding carboxylic acids is 1. The molecule has 0 atom stereocenters. The molecule has 0 unspecified atom stereocenters. The van der Waals surface area contributed by atoms with E-state index in [9.17, 15) is 9.18 Å². The number of benzene rings is 1. The molecule has 4 aromatic rings. The maximum Gasteiger partial charge on any atom is 0.271 e. The van der Waals surface area contributed by atoms with Crippen molar-refractivity contribution < 1.29 is 9.18 Å². The minimum Gasteiger partial charge on any atom is -0.346 e. The summed E-state index contributed by atoms with van der Waals surface area (Å²) in [5.41, 5.74) is 3.71. The lowest BCUT2D eigenvalue weighted by Gasteiger charge is -2.04. The number of aromatic nitrogens is 4. The van der Waals surface area contributed by atoms with Crippen LogP contribution in [0.2, 0.25) is 0 Å². The summed E-state index contributed by atoms with van der Waals surface area (Å²) in [6.45, 7) is 4.19. The molecule has 0 aliphatic rings. The van der Waals surface area contributed by atoms with Crippen molar-refractivity contribution in [3.63, 3.8) is 0 Å². The fourth-order valence-corrected chi connectivity index (χ4v) is 3.72. The molecule has 1 amide bonds. The maximum absolute atomic E-state index is 13.1. The number of thiazole rings is 1. The van der Waals surface area contributed by atoms with E-state index >= 15 is 0 Å². The van der Waals surface area contributed by atoms with E-state index in [1.807, 2.05) is 24.4 Å². The second-order valence-corrected chi connectivity index (χ2v) is 7.18. The van der Waals surface area contributed by atoms with Crippen LogP contribution >= 0.6 is 11.3 Å². The van der Waals surface area contributed by atoms with Gasteiger partial charge in [0.15, 0.2) is 4.96 Å². The largest absolute Gasteiger partial charge is 0.346 e. The molecule has 0 radical (unpaired) electrons. The van der Waals surface area contributed by atoms with Crippen molar-refractivity contribution in [2.24, 2.45) is 0 Å². The molecule has 0 spiro atoms. The lowest BCUT2D eigenvalue weighted by atomic mass is 10.2. The zero-order valence-corrected chi connectivity index (χ0v) is 15.5. The van der Waals surface area contributed by atoms with Gasteiger partial charge in [-0.3, -0.25) is 14.2 Å². The van der Waals surface area contributed by atoms with Crippen LogP contribution in [0.15, 0.2) is 42.9 Å². The molecule has 8 heteroatoms. The average Bonchev–Trinajstić information content (AvgIpc) is 3.20. The van der Waals surface area contributed by atoms with Gasteiger partial charge in [-0.05, 0) is 38.1 Å². The second kappa shape index (κ2) is 6.88. The summed E-state index contributed by atoms with van der Waals surface area (Å²) in [5, 5.41) is 2.87. The standard InChI is InChI=1S/C19H16FN5OS/c1-11-7-22-15(8-21-11)18(26)23-9-17-12(2)25-10-16(24-19(25)27-17)13-3-5-14(20)6-4-13/h3-8,10H,9H2,1-2H3,(H,23,26). The minimum absolute atomic E-state index is 0.264. The highest BCUT2D eigenvalue weighted by molar-refractivity contribution is 7.17. The number of fused-ring (bicyclic) bond motifs is 1. The van der Waals surface area contributed by atoms with Gasteiger partial charge in [0, 0.05) is 28.5 Å². The third kappa shape index (κ3) is 3.43. The molecule has 0 fully saturated rings. The highest BCUT2D eigenvalue weighted by Gasteiger charge is 2.14. The molecule has 4 rings (SSSR count). The van der Waals surface area contributed by atoms with Gasteiger partial charge >= 0.3 is 0 Å². The van der Waals surface area contributed by atoms with Crippen LogP contribution in [0.4, 0.5) is 4.39 Å². The topological polar surface area (TPSA) is 72.2 Å². The van der Waals surface area contributed by atoms with Crippen molar-refractivity contribution in [2.45, 2.75) is 20.4 Å². The first kappa shape index (κ1) is 17.3. The Morgan fingerprint density at radius 1 is 1.19 bits per heavy atom. The van der Waals surface area contributed by atoms with Gasteiger partial charge in [-0.1, -0.05) is 11.3 Å². The quantitative estimate of drug-likeness (QED) is 0.587. The number of hydrogen-bond acceptors (Lipinski definition) is 5. The fraction of sp³-hybridized carbons (Fsp3) is 0.158. The van der Waals surface area contributed by atoms with Crippen LogP contribution in [-0.4, -0.2) is 25.3 Å². The second-order valence-electron chi connectivity index (χ2n) is 6.12. The average molecular weight is 381 g/mol. The molecule has 0 bridgehead atoms. The molecular weight excluding hydrogens is 365 g/mol. The van der Waals surface area contributed by atoms with Crippen molar-refractivity contribution in [1.29, 1.82) is 0 Å². The molecule has 0 saturated heterocycles. The Kier molecular flexibility index (Phi) is 4.41. The summed E-state index contributed by atoms with van der Waals surface area (Å²) >= 11 is 1.51. The summed E-state index contributed by atoms with van der Waals surface area (Å²) in [6.07, 6.45) is 4.95. The van der Waals surface area contributed by atoms with Gasteiger partial charge in [-0.25, -0.2) is 14.4 Å². The third-order valence-electron chi connectivity index (χ3n) is 4.22. The van der Waals surface area contributed by atoms with Gasteiger partial charge in [0.25, 0.3) is 5.91 Å². The van der Waals surface area contributed by atoms with E-state index in [1.54, 1.807) is 18.3 Å². The minimum atomic E-state index is -0.271. The summed E-state index contributed by atoms with van der Waals surface area (Å²) in [5.74, 6) is -0.535. The molecule has 3 aromatic heterocycles. The smallest absolute Gasteiger partial charge is 0.271 e. The van der Waals surface area contributed by atoms with Crippen molar-refractivity contribution in [3.8, 4) is 11.3 Å². The molecule has 6 nitrogen and oxygen atoms in total. The first-order valence-electron chi connectivity index (χ1n) is 8.31. The van der Waals surface area contributed by atoms with Gasteiger partial charge in [0.05, 0.1) is 24.1 Å². The molecule has 0 saturated carbocycles. The number of rotatable bonds is 4. The number of hydrogen-bond donors (Lipinski definition) is 1. The lowest BCUT2D eigenvalue weighted by Crippen LogP contribution is -2.24. The Bertz CT molecular complexity index is 1120. The Labute approximate surface area is 158 Å². The van der Waals surface area contributed by atoms with Gasteiger partial charge in [0.2, 0.25) is 0 Å². The summed E-state index contributed by atoms with van der Waals surface area (Å²) < 4.78 is 15.1. The Morgan fingerprint density at radius 2 is 1.96 bits per heavy atom. The molecule has 27 heavy (non-hydrogen) atoms. The first-order valence-corrected chi connectivity index (χ1v) is 9.13. The molecule has 0 aliphatic heterocycles. The van der Waals surface area contributed by atoms with Crippen LogP contribution in [0, 0.1) is 19.7 Å². The zero-order chi connectivity index (χ0) is 19.0. The number of halogens is 1. The van der Waals surface area contributed by atoms with Crippen molar-refractivity contribution >= 4 is 22.2 Å². The van der Waals surface area contributed by atoms with E-state index in [-0.39, 0.29) is 17.4 Å². The van der Waals surface area contributed by atoms with E-state index in [0.29, 0.717) is 6.54 Å². The van der Waals surface area contributed by atoms with Gasteiger partial charge < -0.3 is 5.32 Å². The number of aryl methyl sites for hydroxylation is 2. The van der Waals surface area contributed by atoms with Crippen molar-refractivity contribution in [3.05, 3.63) is 70.6 Å². The molecule has 1 aromatic carbocycles. The summed E-state index contributed by atoms with van der Waals surface area (Å²) in [7, 11) is 0. The fourth-order valence-electron chi connectivity index (χ4n) is 2.68. The van der Waals surface area contributed by atoms with Crippen LogP contribution in [0.3, 0.4) is 0 Å². The zero-order valence-electron chi connectivity index (χ0n) is 14.7. The molecule has 1 N–H and O–H groups in total. The van der Waals surface area contributed by atoms with E-state index < -0.39 is 0 Å². The predicted octanol–water partition coefficient (Wildman–Crippen LogP) is 3.54. The van der Waals surface area contributed by atoms with Gasteiger partial charge in [-0.2, -0.15) is 0 Å². The normalized spacial score (nSPS) is 11.1. The van der Waals surface area contributed by atoms with Crippen LogP contribution in [0.5, 0.6) is 0 Å². The van der Waals surface area contributed by atoms with Gasteiger partial charge in [0.1, 0.15) is 11.5 Å². The Hall–Kier alpha value is -3.13. The number of imidazole rings is 1. The van der Waals surface area contributed by atoms with Crippen LogP contribution in [0.25, 0.3) is 16.2 Å². The highest BCUT2D eigenvalue weighted by atomic mass is 32.1. The number of nitrogens with zero attached hydrogens (tertiary/aromatic N) is 4. The van der Waals surface area contributed by atoms with Crippen LogP contribution in [0.1, 0.15) is 26.8 Å². The van der Waals surface area contributed by atoms with E-state index in [2.05, 4.69) is 20.3 Å². The van der Waals surface area contributed by atoms with E-state index in [4.69, 9.17) is 0 Å². The molecule has 3 heterocycles. The number of carbonyl (C=O) groups is 1. The summed E-state index contributed by atoms with van der Waals surface area (Å²) in [4.78, 5) is 26.8. The first-order chi connectivity index (χ1) is 13.0. The van der Waals surface area contributed by atoms with Gasteiger partial charge in [-0.15, -0.1) is 0 Å². The number of nitrogens with one attached hydrogen (secondary N) is 1. The Balaban J connectivity index is 1.52. The van der Waals surface area contributed by atoms with E-state index in [1.165, 1.54) is 29.7 Å². The van der Waals surface area contributed by atoms with E-state index in [0.717, 1.165) is 32.5 Å². The Morgan fingerprint density at radius 3 is 2.63 bits per heavy atom. The van der Waals surface area contributed by atoms with Crippen molar-refractivity contribution in [1.82, 2.24) is 24.7 Å². The van der Waals surface area contributed by atoms with Crippen molar-refractivity contribution in [2.75, 3.05) is 0 Å². The molecule has 0 aliphatic carbocycles. The molecular formula is C19H16FN5OS. The third-order valence-corrected chi connectivity index (χ3v) is 5.37. The highest BCUT2D eigenvalue weighted by Crippen LogP contribution is 2.27. The predicted molar refractivity (Wildman–Crippen MR) is 101 cm³/mol. The molecule has 136 valence electrons. The SMILES string of the molecule is Cc1cnc(C(=O)NCc2sc3nc(-c4ccc(F)cc4)cn3c2C)cn1. The number of amides is 1. The summed E-state index contributed by atoms with van der Waals surface area (Å²) in [6, 6.07) is 6.26. The van der Waals surface area contributed by atoms with Crippen LogP contribution < -0.4 is 5.32 Å².